The van der Waals surface area contributed by atoms with Crippen LogP contribution in [-0.2, 0) is 4.79 Å². The molecule has 2 nitrogen and oxygen atoms in total. The fraction of sp³-hybridized carbons (Fsp3) is 0.500. The Balaban J connectivity index is 4.00. The summed E-state index contributed by atoms with van der Waals surface area (Å²) in [5.41, 5.74) is 0. The van der Waals surface area contributed by atoms with Crippen LogP contribution in [0.15, 0.2) is 10.6 Å². The predicted molar refractivity (Wildman–Crippen MR) is 39.5 cm³/mol. The van der Waals surface area contributed by atoms with E-state index < -0.39 is 5.97 Å². The lowest BCUT2D eigenvalue weighted by atomic mass is 10.2. The number of rotatable bonds is 2. The van der Waals surface area contributed by atoms with E-state index in [1.807, 2.05) is 13.8 Å². The third kappa shape index (κ3) is 4.21. The van der Waals surface area contributed by atoms with Crippen LogP contribution in [0.1, 0.15) is 13.8 Å². The van der Waals surface area contributed by atoms with Gasteiger partial charge in [0.05, 0.1) is 4.48 Å². The van der Waals surface area contributed by atoms with Crippen LogP contribution in [-0.4, -0.2) is 11.1 Å². The number of hydrogen-bond donors (Lipinski definition) is 1. The van der Waals surface area contributed by atoms with Gasteiger partial charge in [0.2, 0.25) is 0 Å². The fourth-order valence-corrected chi connectivity index (χ4v) is 0.893. The van der Waals surface area contributed by atoms with Crippen molar-refractivity contribution in [2.45, 2.75) is 13.8 Å². The van der Waals surface area contributed by atoms with E-state index >= 15 is 0 Å². The standard InChI is InChI=1S/C6H9BrO2/c1-4(2)3-5(7)6(8)9/h3-4H,1-2H3,(H,8,9). The molecular weight excluding hydrogens is 184 g/mol. The Hall–Kier alpha value is -0.310. The van der Waals surface area contributed by atoms with Gasteiger partial charge < -0.3 is 5.11 Å². The van der Waals surface area contributed by atoms with Crippen LogP contribution >= 0.6 is 15.9 Å². The van der Waals surface area contributed by atoms with E-state index in [1.165, 1.54) is 0 Å². The minimum absolute atomic E-state index is 0.234. The van der Waals surface area contributed by atoms with E-state index in [4.69, 9.17) is 5.11 Å². The lowest BCUT2D eigenvalue weighted by Crippen LogP contribution is -1.94. The van der Waals surface area contributed by atoms with E-state index in [0.29, 0.717) is 0 Å². The molecule has 0 aromatic rings. The molecule has 1 N–H and O–H groups in total. The molecule has 0 heterocycles. The van der Waals surface area contributed by atoms with Gasteiger partial charge in [-0.25, -0.2) is 4.79 Å². The number of carboxylic acids is 1. The summed E-state index contributed by atoms with van der Waals surface area (Å²) in [7, 11) is 0. The summed E-state index contributed by atoms with van der Waals surface area (Å²) in [6.07, 6.45) is 1.64. The molecule has 0 radical (unpaired) electrons. The largest absolute Gasteiger partial charge is 0.477 e. The van der Waals surface area contributed by atoms with Gasteiger partial charge in [-0.2, -0.15) is 0 Å². The van der Waals surface area contributed by atoms with Crippen molar-refractivity contribution in [3.05, 3.63) is 10.6 Å². The molecule has 0 amide bonds. The number of aliphatic carboxylic acids is 1. The number of carbonyl (C=O) groups is 1. The maximum atomic E-state index is 10.1. The second-order valence-corrected chi connectivity index (χ2v) is 2.92. The van der Waals surface area contributed by atoms with Crippen molar-refractivity contribution in [3.63, 3.8) is 0 Å². The molecule has 52 valence electrons. The average Bonchev–Trinajstić information content (AvgIpc) is 1.63. The van der Waals surface area contributed by atoms with Gasteiger partial charge in [0.15, 0.2) is 0 Å². The maximum Gasteiger partial charge on any atom is 0.342 e. The molecular formula is C6H9BrO2. The van der Waals surface area contributed by atoms with Crippen LogP contribution < -0.4 is 0 Å². The first-order valence-electron chi connectivity index (χ1n) is 2.64. The van der Waals surface area contributed by atoms with Crippen molar-refractivity contribution < 1.29 is 9.90 Å². The molecule has 0 rings (SSSR count). The van der Waals surface area contributed by atoms with Crippen LogP contribution in [0.25, 0.3) is 0 Å². The average molecular weight is 193 g/mol. The lowest BCUT2D eigenvalue weighted by Gasteiger charge is -1.93. The number of halogens is 1. The van der Waals surface area contributed by atoms with Crippen LogP contribution in [0.3, 0.4) is 0 Å². The molecule has 0 aromatic heterocycles. The Kier molecular flexibility index (Phi) is 3.54. The van der Waals surface area contributed by atoms with Gasteiger partial charge in [0.1, 0.15) is 0 Å². The molecule has 0 aliphatic carbocycles. The second kappa shape index (κ2) is 3.67. The maximum absolute atomic E-state index is 10.1. The fourth-order valence-electron chi connectivity index (χ4n) is 0.364. The van der Waals surface area contributed by atoms with Crippen molar-refractivity contribution in [2.24, 2.45) is 5.92 Å². The number of carboxylic acid groups (broad SMARTS) is 1. The summed E-state index contributed by atoms with van der Waals surface area (Å²) >= 11 is 2.90. The Morgan fingerprint density at radius 1 is 1.67 bits per heavy atom. The van der Waals surface area contributed by atoms with Crippen LogP contribution in [0, 0.1) is 5.92 Å². The third-order valence-electron chi connectivity index (χ3n) is 0.684. The predicted octanol–water partition coefficient (Wildman–Crippen LogP) is 2.01. The molecule has 0 saturated heterocycles. The quantitative estimate of drug-likeness (QED) is 0.681. The van der Waals surface area contributed by atoms with Gasteiger partial charge in [-0.3, -0.25) is 0 Å². The van der Waals surface area contributed by atoms with E-state index in [-0.39, 0.29) is 10.4 Å². The van der Waals surface area contributed by atoms with Crippen molar-refractivity contribution in [1.29, 1.82) is 0 Å². The number of hydrogen-bond acceptors (Lipinski definition) is 1. The first kappa shape index (κ1) is 8.69. The Morgan fingerprint density at radius 2 is 2.11 bits per heavy atom. The van der Waals surface area contributed by atoms with Gasteiger partial charge in [0.25, 0.3) is 0 Å². The molecule has 9 heavy (non-hydrogen) atoms. The minimum atomic E-state index is -0.913. The highest BCUT2D eigenvalue weighted by molar-refractivity contribution is 9.12. The molecule has 0 unspecified atom stereocenters. The molecule has 0 aliphatic heterocycles. The highest BCUT2D eigenvalue weighted by Gasteiger charge is 2.01. The monoisotopic (exact) mass is 192 g/mol. The molecule has 0 bridgehead atoms. The van der Waals surface area contributed by atoms with Gasteiger partial charge in [-0.05, 0) is 21.8 Å². The van der Waals surface area contributed by atoms with Gasteiger partial charge in [0, 0.05) is 0 Å². The van der Waals surface area contributed by atoms with Gasteiger partial charge >= 0.3 is 5.97 Å². The Bertz CT molecular complexity index is 138. The van der Waals surface area contributed by atoms with Gasteiger partial charge in [-0.1, -0.05) is 19.9 Å². The lowest BCUT2D eigenvalue weighted by molar-refractivity contribution is -0.131. The second-order valence-electron chi connectivity index (χ2n) is 2.06. The highest BCUT2D eigenvalue weighted by Crippen LogP contribution is 2.08. The zero-order valence-electron chi connectivity index (χ0n) is 5.39. The van der Waals surface area contributed by atoms with Crippen molar-refractivity contribution in [3.8, 4) is 0 Å². The molecule has 0 aromatic carbocycles. The summed E-state index contributed by atoms with van der Waals surface area (Å²) in [6, 6.07) is 0. The summed E-state index contributed by atoms with van der Waals surface area (Å²) in [5.74, 6) is -0.640. The van der Waals surface area contributed by atoms with E-state index in [1.54, 1.807) is 6.08 Å². The first-order chi connectivity index (χ1) is 4.04. The molecule has 3 heteroatoms. The topological polar surface area (TPSA) is 37.3 Å². The SMILES string of the molecule is CC(C)C=C(Br)C(=O)O. The Morgan fingerprint density at radius 3 is 2.22 bits per heavy atom. The van der Waals surface area contributed by atoms with Crippen molar-refractivity contribution >= 4 is 21.9 Å². The summed E-state index contributed by atoms with van der Waals surface area (Å²) < 4.78 is 0.234. The normalized spacial score (nSPS) is 12.2. The molecule has 0 spiro atoms. The number of allylic oxidation sites excluding steroid dienone is 1. The zero-order valence-corrected chi connectivity index (χ0v) is 6.97. The molecule has 0 atom stereocenters. The summed E-state index contributed by atoms with van der Waals surface area (Å²) in [4.78, 5) is 10.1. The Labute approximate surface area is 62.7 Å². The smallest absolute Gasteiger partial charge is 0.342 e. The summed E-state index contributed by atoms with van der Waals surface area (Å²) in [6.45, 7) is 3.84. The third-order valence-corrected chi connectivity index (χ3v) is 1.29. The van der Waals surface area contributed by atoms with E-state index in [0.717, 1.165) is 0 Å². The minimum Gasteiger partial charge on any atom is -0.477 e. The van der Waals surface area contributed by atoms with Crippen LogP contribution in [0.4, 0.5) is 0 Å². The zero-order chi connectivity index (χ0) is 7.44. The van der Waals surface area contributed by atoms with E-state index in [2.05, 4.69) is 15.9 Å². The van der Waals surface area contributed by atoms with Crippen LogP contribution in [0.5, 0.6) is 0 Å². The van der Waals surface area contributed by atoms with Crippen molar-refractivity contribution in [2.75, 3.05) is 0 Å². The molecule has 0 aliphatic rings. The first-order valence-corrected chi connectivity index (χ1v) is 3.44. The van der Waals surface area contributed by atoms with Crippen LogP contribution in [0.2, 0.25) is 0 Å². The summed E-state index contributed by atoms with van der Waals surface area (Å²) in [5, 5.41) is 8.32. The van der Waals surface area contributed by atoms with Gasteiger partial charge in [-0.15, -0.1) is 0 Å². The highest BCUT2D eigenvalue weighted by atomic mass is 79.9. The van der Waals surface area contributed by atoms with Crippen molar-refractivity contribution in [1.82, 2.24) is 0 Å². The molecule has 0 saturated carbocycles. The van der Waals surface area contributed by atoms with E-state index in [9.17, 15) is 4.79 Å². The molecule has 0 fully saturated rings.